The molecule has 3 N–H and O–H groups in total. The fourth-order valence-electron chi connectivity index (χ4n) is 4.46. The zero-order valence-electron chi connectivity index (χ0n) is 21.1. The molecule has 1 fully saturated rings. The van der Waals surface area contributed by atoms with E-state index >= 15 is 0 Å². The van der Waals surface area contributed by atoms with E-state index in [-0.39, 0.29) is 42.4 Å². The lowest BCUT2D eigenvalue weighted by molar-refractivity contribution is -0.142. The largest absolute Gasteiger partial charge is 0.436 e. The van der Waals surface area contributed by atoms with Crippen molar-refractivity contribution in [2.45, 2.75) is 51.3 Å². The van der Waals surface area contributed by atoms with E-state index in [0.29, 0.717) is 24.1 Å². The second kappa shape index (κ2) is 9.90. The van der Waals surface area contributed by atoms with Crippen molar-refractivity contribution >= 4 is 55.0 Å². The Hall–Kier alpha value is -3.40. The second-order valence-electron chi connectivity index (χ2n) is 9.44. The predicted octanol–water partition coefficient (Wildman–Crippen LogP) is 6.10. The van der Waals surface area contributed by atoms with Crippen molar-refractivity contribution in [2.75, 3.05) is 5.32 Å². The summed E-state index contributed by atoms with van der Waals surface area (Å²) in [4.78, 5) is 29.8. The van der Waals surface area contributed by atoms with Crippen LogP contribution >= 0.6 is 27.3 Å². The minimum atomic E-state index is -4.75. The highest BCUT2D eigenvalue weighted by Gasteiger charge is 2.43. The van der Waals surface area contributed by atoms with Crippen LogP contribution in [0.2, 0.25) is 0 Å². The number of aryl methyl sites for hydroxylation is 1. The molecule has 1 aliphatic rings. The number of amides is 2. The summed E-state index contributed by atoms with van der Waals surface area (Å²) in [6.45, 7) is 3.09. The smallest absolute Gasteiger partial charge is 0.365 e. The fourth-order valence-corrected chi connectivity index (χ4v) is 6.29. The lowest BCUT2D eigenvalue weighted by Crippen LogP contribution is -2.27. The topological polar surface area (TPSA) is 121 Å². The summed E-state index contributed by atoms with van der Waals surface area (Å²) in [6.07, 6.45) is -4.95. The maximum Gasteiger partial charge on any atom is 0.436 e. The van der Waals surface area contributed by atoms with Gasteiger partial charge in [-0.3, -0.25) is 19.0 Å². The van der Waals surface area contributed by atoms with E-state index in [1.165, 1.54) is 17.8 Å². The number of alkyl halides is 5. The molecule has 5 rings (SSSR count). The zero-order chi connectivity index (χ0) is 29.3. The van der Waals surface area contributed by atoms with E-state index in [2.05, 4.69) is 36.4 Å². The summed E-state index contributed by atoms with van der Waals surface area (Å²) >= 11 is 3.73. The van der Waals surface area contributed by atoms with Crippen molar-refractivity contribution in [1.29, 1.82) is 0 Å². The van der Waals surface area contributed by atoms with Gasteiger partial charge in [-0.15, -0.1) is 11.3 Å². The van der Waals surface area contributed by atoms with Crippen LogP contribution in [-0.2, 0) is 18.0 Å². The van der Waals surface area contributed by atoms with Gasteiger partial charge in [0, 0.05) is 29.6 Å². The van der Waals surface area contributed by atoms with Gasteiger partial charge in [0.2, 0.25) is 5.91 Å². The Bertz CT molecular complexity index is 1670. The van der Waals surface area contributed by atoms with Crippen molar-refractivity contribution in [2.24, 2.45) is 12.8 Å². The number of pyridine rings is 1. The zero-order valence-corrected chi connectivity index (χ0v) is 23.5. The number of carbonyl (C=O) groups is 2. The highest BCUT2D eigenvalue weighted by atomic mass is 79.9. The number of nitrogens with zero attached hydrogens (tertiary/aromatic N) is 5. The summed E-state index contributed by atoms with van der Waals surface area (Å²) < 4.78 is 70.7. The molecule has 0 aliphatic heterocycles. The van der Waals surface area contributed by atoms with Gasteiger partial charge in [-0.05, 0) is 54.2 Å². The van der Waals surface area contributed by atoms with Crippen molar-refractivity contribution in [1.82, 2.24) is 24.5 Å². The van der Waals surface area contributed by atoms with E-state index < -0.39 is 41.8 Å². The van der Waals surface area contributed by atoms with Crippen LogP contribution in [0, 0.1) is 6.92 Å². The third kappa shape index (κ3) is 4.76. The quantitative estimate of drug-likeness (QED) is 0.235. The first kappa shape index (κ1) is 28.1. The molecule has 4 aromatic heterocycles. The maximum absolute atomic E-state index is 13.8. The van der Waals surface area contributed by atoms with Gasteiger partial charge >= 0.3 is 6.18 Å². The molecular formula is C24H21BrF5N7O2S. The number of carbonyl (C=O) groups excluding carboxylic acids is 2. The number of thiophene rings is 1. The molecule has 16 heteroatoms. The first-order valence-electron chi connectivity index (χ1n) is 11.9. The molecule has 1 atom stereocenters. The molecule has 1 saturated carbocycles. The summed E-state index contributed by atoms with van der Waals surface area (Å²) in [5.74, 6) is -1.94. The summed E-state index contributed by atoms with van der Waals surface area (Å²) in [6, 6.07) is -0.0884. The van der Waals surface area contributed by atoms with Crippen LogP contribution in [0.4, 0.5) is 27.6 Å². The van der Waals surface area contributed by atoms with Crippen molar-refractivity contribution in [3.05, 3.63) is 44.4 Å². The average Bonchev–Trinajstić information content (AvgIpc) is 3.43. The first-order chi connectivity index (χ1) is 18.7. The number of rotatable bonds is 7. The van der Waals surface area contributed by atoms with Gasteiger partial charge in [-0.25, -0.2) is 13.8 Å². The minimum absolute atomic E-state index is 0.0210. The molecule has 0 saturated heterocycles. The fraction of sp³-hybridized carbons (Fsp3) is 0.375. The number of anilines is 1. The van der Waals surface area contributed by atoms with Gasteiger partial charge in [-0.2, -0.15) is 23.4 Å². The highest BCUT2D eigenvalue weighted by molar-refractivity contribution is 9.10. The van der Waals surface area contributed by atoms with Crippen LogP contribution < -0.4 is 11.1 Å². The molecule has 2 amide bonds. The average molecular weight is 646 g/mol. The Morgan fingerprint density at radius 2 is 1.93 bits per heavy atom. The van der Waals surface area contributed by atoms with Gasteiger partial charge in [0.05, 0.1) is 22.1 Å². The minimum Gasteiger partial charge on any atom is -0.365 e. The molecule has 212 valence electrons. The SMILES string of the molecule is Cc1c(-c2cc(C(F)F)nc3sc(C(N)=O)c(NC(=O)C(C)n4nc(C(F)(F)F)c(Br)c4C4CC4)c23)cnn1C. The number of aromatic nitrogens is 5. The van der Waals surface area contributed by atoms with Crippen LogP contribution in [0.5, 0.6) is 0 Å². The van der Waals surface area contributed by atoms with E-state index in [0.717, 1.165) is 22.1 Å². The number of hydrogen-bond acceptors (Lipinski definition) is 6. The molecule has 0 spiro atoms. The highest BCUT2D eigenvalue weighted by Crippen LogP contribution is 2.48. The Balaban J connectivity index is 1.65. The normalized spacial score (nSPS) is 14.8. The summed E-state index contributed by atoms with van der Waals surface area (Å²) in [5.41, 5.74) is 5.35. The third-order valence-corrected chi connectivity index (χ3v) is 8.65. The Morgan fingerprint density at radius 3 is 2.45 bits per heavy atom. The van der Waals surface area contributed by atoms with E-state index in [9.17, 15) is 31.5 Å². The Morgan fingerprint density at radius 1 is 1.25 bits per heavy atom. The van der Waals surface area contributed by atoms with Crippen molar-refractivity contribution in [3.63, 3.8) is 0 Å². The van der Waals surface area contributed by atoms with Gasteiger partial charge in [0.25, 0.3) is 12.3 Å². The second-order valence-corrected chi connectivity index (χ2v) is 11.2. The van der Waals surface area contributed by atoms with Crippen LogP contribution in [0.1, 0.15) is 70.6 Å². The van der Waals surface area contributed by atoms with Gasteiger partial charge in [0.15, 0.2) is 5.69 Å². The van der Waals surface area contributed by atoms with Crippen LogP contribution in [-0.4, -0.2) is 36.4 Å². The van der Waals surface area contributed by atoms with Gasteiger partial charge in [-0.1, -0.05) is 0 Å². The summed E-state index contributed by atoms with van der Waals surface area (Å²) in [5, 5.41) is 10.7. The monoisotopic (exact) mass is 645 g/mol. The molecule has 4 heterocycles. The van der Waals surface area contributed by atoms with E-state index in [1.54, 1.807) is 14.0 Å². The van der Waals surface area contributed by atoms with Crippen molar-refractivity contribution in [3.8, 4) is 11.1 Å². The molecule has 9 nitrogen and oxygen atoms in total. The third-order valence-electron chi connectivity index (χ3n) is 6.77. The standard InChI is InChI=1S/C24H21BrF5N7O2S/c1-8-12(7-32-36(8)3)11-6-13(20(26)27)33-23-14(11)16(18(40-23)21(31)38)34-22(39)9(2)37-17(10-4-5-10)15(25)19(35-37)24(28,29)30/h6-7,9-10,20H,4-5H2,1-3H3,(H2,31,38)(H,34,39). The lowest BCUT2D eigenvalue weighted by Gasteiger charge is -2.17. The molecule has 1 aliphatic carbocycles. The molecule has 0 bridgehead atoms. The first-order valence-corrected chi connectivity index (χ1v) is 13.5. The molecule has 40 heavy (non-hydrogen) atoms. The molecule has 0 radical (unpaired) electrons. The number of nitrogens with one attached hydrogen (secondary N) is 1. The molecule has 4 aromatic rings. The predicted molar refractivity (Wildman–Crippen MR) is 140 cm³/mol. The Labute approximate surface area is 235 Å². The number of halogens is 6. The van der Waals surface area contributed by atoms with Crippen molar-refractivity contribution < 1.29 is 31.5 Å². The van der Waals surface area contributed by atoms with E-state index in [4.69, 9.17) is 5.73 Å². The van der Waals surface area contributed by atoms with Crippen LogP contribution in [0.25, 0.3) is 21.3 Å². The van der Waals surface area contributed by atoms with Crippen LogP contribution in [0.15, 0.2) is 16.7 Å². The Kier molecular flexibility index (Phi) is 6.97. The molecule has 1 unspecified atom stereocenters. The van der Waals surface area contributed by atoms with Gasteiger partial charge < -0.3 is 11.1 Å². The number of hydrogen-bond donors (Lipinski definition) is 2. The van der Waals surface area contributed by atoms with Crippen LogP contribution in [0.3, 0.4) is 0 Å². The molecular weight excluding hydrogens is 625 g/mol. The molecule has 0 aromatic carbocycles. The number of nitrogens with two attached hydrogens (primary N) is 1. The van der Waals surface area contributed by atoms with E-state index in [1.807, 2.05) is 0 Å². The lowest BCUT2D eigenvalue weighted by atomic mass is 10.0. The van der Waals surface area contributed by atoms with Gasteiger partial charge in [0.1, 0.15) is 21.4 Å². The number of fused-ring (bicyclic) bond motifs is 1. The maximum atomic E-state index is 13.8. The summed E-state index contributed by atoms with van der Waals surface area (Å²) in [7, 11) is 1.66. The number of primary amides is 1.